The third-order valence-corrected chi connectivity index (χ3v) is 4.26. The van der Waals surface area contributed by atoms with Crippen LogP contribution >= 0.6 is 0 Å². The molecule has 2 saturated heterocycles. The van der Waals surface area contributed by atoms with E-state index in [2.05, 4.69) is 0 Å². The van der Waals surface area contributed by atoms with E-state index in [1.807, 2.05) is 30.3 Å². The van der Waals surface area contributed by atoms with Gasteiger partial charge in [0, 0.05) is 32.6 Å². The molecule has 0 bridgehead atoms. The van der Waals surface area contributed by atoms with Crippen molar-refractivity contribution in [2.75, 3.05) is 19.6 Å². The van der Waals surface area contributed by atoms with Crippen LogP contribution in [0.15, 0.2) is 30.3 Å². The van der Waals surface area contributed by atoms with Gasteiger partial charge in [-0.2, -0.15) is 0 Å². The minimum atomic E-state index is -0.411. The Hall–Kier alpha value is -1.88. The fourth-order valence-corrected chi connectivity index (χ4v) is 3.09. The maximum absolute atomic E-state index is 12.4. The predicted molar refractivity (Wildman–Crippen MR) is 77.2 cm³/mol. The highest BCUT2D eigenvalue weighted by molar-refractivity contribution is 5.89. The fourth-order valence-electron chi connectivity index (χ4n) is 3.09. The van der Waals surface area contributed by atoms with E-state index in [0.717, 1.165) is 5.56 Å². The second kappa shape index (κ2) is 5.85. The third kappa shape index (κ3) is 3.08. The summed E-state index contributed by atoms with van der Waals surface area (Å²) >= 11 is 0. The summed E-state index contributed by atoms with van der Waals surface area (Å²) in [6, 6.07) is 9.81. The van der Waals surface area contributed by atoms with Crippen LogP contribution in [0.2, 0.25) is 0 Å². The van der Waals surface area contributed by atoms with E-state index in [0.29, 0.717) is 32.6 Å². The molecule has 1 unspecified atom stereocenters. The van der Waals surface area contributed by atoms with Crippen LogP contribution in [0.3, 0.4) is 0 Å². The molecular formula is C16H20N2O3. The molecule has 112 valence electrons. The maximum Gasteiger partial charge on any atom is 0.228 e. The smallest absolute Gasteiger partial charge is 0.228 e. The molecule has 2 heterocycles. The van der Waals surface area contributed by atoms with Crippen LogP contribution in [-0.2, 0) is 16.1 Å². The van der Waals surface area contributed by atoms with Crippen LogP contribution < -0.4 is 0 Å². The zero-order valence-corrected chi connectivity index (χ0v) is 11.9. The van der Waals surface area contributed by atoms with Crippen LogP contribution in [0.1, 0.15) is 18.4 Å². The lowest BCUT2D eigenvalue weighted by atomic mass is 10.1. The summed E-state index contributed by atoms with van der Waals surface area (Å²) < 4.78 is 0. The molecule has 2 amide bonds. The van der Waals surface area contributed by atoms with E-state index in [1.54, 1.807) is 9.80 Å². The Balaban J connectivity index is 1.60. The first-order valence-corrected chi connectivity index (χ1v) is 7.42. The number of nitrogens with zero attached hydrogens (tertiary/aromatic N) is 2. The Morgan fingerprint density at radius 1 is 1.24 bits per heavy atom. The summed E-state index contributed by atoms with van der Waals surface area (Å²) in [5.74, 6) is -0.209. The largest absolute Gasteiger partial charge is 0.391 e. The molecule has 2 aliphatic rings. The number of hydrogen-bond donors (Lipinski definition) is 1. The maximum atomic E-state index is 12.4. The van der Waals surface area contributed by atoms with Crippen molar-refractivity contribution in [1.82, 2.24) is 9.80 Å². The van der Waals surface area contributed by atoms with Crippen molar-refractivity contribution in [3.8, 4) is 0 Å². The summed E-state index contributed by atoms with van der Waals surface area (Å²) in [6.07, 6.45) is 0.518. The molecule has 21 heavy (non-hydrogen) atoms. The number of carbonyl (C=O) groups excluding carboxylic acids is 2. The molecule has 0 aliphatic carbocycles. The molecular weight excluding hydrogens is 268 g/mol. The zero-order valence-electron chi connectivity index (χ0n) is 11.9. The molecule has 0 radical (unpaired) electrons. The number of likely N-dealkylation sites (tertiary alicyclic amines) is 2. The van der Waals surface area contributed by atoms with Gasteiger partial charge in [-0.3, -0.25) is 9.59 Å². The van der Waals surface area contributed by atoms with E-state index in [-0.39, 0.29) is 24.2 Å². The van der Waals surface area contributed by atoms with Gasteiger partial charge >= 0.3 is 0 Å². The highest BCUT2D eigenvalue weighted by atomic mass is 16.3. The number of benzene rings is 1. The van der Waals surface area contributed by atoms with E-state index in [4.69, 9.17) is 0 Å². The summed E-state index contributed by atoms with van der Waals surface area (Å²) in [5, 5.41) is 9.52. The minimum absolute atomic E-state index is 0.00969. The third-order valence-electron chi connectivity index (χ3n) is 4.26. The van der Waals surface area contributed by atoms with E-state index in [1.165, 1.54) is 0 Å². The van der Waals surface area contributed by atoms with Crippen LogP contribution in [0.5, 0.6) is 0 Å². The molecule has 0 spiro atoms. The van der Waals surface area contributed by atoms with Crippen molar-refractivity contribution in [1.29, 1.82) is 0 Å². The lowest BCUT2D eigenvalue weighted by Crippen LogP contribution is -2.36. The molecule has 1 N–H and O–H groups in total. The monoisotopic (exact) mass is 288 g/mol. The molecule has 1 aromatic carbocycles. The van der Waals surface area contributed by atoms with E-state index >= 15 is 0 Å². The number of hydrogen-bond acceptors (Lipinski definition) is 3. The summed E-state index contributed by atoms with van der Waals surface area (Å²) in [6.45, 7) is 2.05. The Labute approximate surface area is 124 Å². The molecule has 2 aliphatic heterocycles. The molecule has 1 aromatic rings. The van der Waals surface area contributed by atoms with Gasteiger partial charge in [0.05, 0.1) is 12.0 Å². The normalized spacial score (nSPS) is 25.7. The molecule has 0 saturated carbocycles. The van der Waals surface area contributed by atoms with Gasteiger partial charge in [0.25, 0.3) is 0 Å². The first-order chi connectivity index (χ1) is 10.1. The van der Waals surface area contributed by atoms with Crippen LogP contribution in [-0.4, -0.2) is 52.5 Å². The average Bonchev–Trinajstić information content (AvgIpc) is 3.06. The van der Waals surface area contributed by atoms with Crippen molar-refractivity contribution >= 4 is 11.8 Å². The molecule has 5 nitrogen and oxygen atoms in total. The molecule has 0 aromatic heterocycles. The zero-order chi connectivity index (χ0) is 14.8. The predicted octanol–water partition coefficient (Wildman–Crippen LogP) is 0.628. The Morgan fingerprint density at radius 3 is 2.67 bits per heavy atom. The van der Waals surface area contributed by atoms with Crippen LogP contribution in [0.4, 0.5) is 0 Å². The summed E-state index contributed by atoms with van der Waals surface area (Å²) in [7, 11) is 0. The SMILES string of the molecule is O=C1CC(C(=O)N2CC[C@@H](O)C2)CN1Cc1ccccc1. The number of aliphatic hydroxyl groups excluding tert-OH is 1. The summed E-state index contributed by atoms with van der Waals surface area (Å²) in [4.78, 5) is 27.9. The van der Waals surface area contributed by atoms with Gasteiger partial charge in [0.15, 0.2) is 0 Å². The first kappa shape index (κ1) is 14.1. The van der Waals surface area contributed by atoms with E-state index < -0.39 is 6.10 Å². The first-order valence-electron chi connectivity index (χ1n) is 7.42. The highest BCUT2D eigenvalue weighted by Gasteiger charge is 2.38. The number of amides is 2. The Kier molecular flexibility index (Phi) is 3.92. The van der Waals surface area contributed by atoms with Gasteiger partial charge in [-0.05, 0) is 12.0 Å². The van der Waals surface area contributed by atoms with Gasteiger partial charge in [0.1, 0.15) is 0 Å². The van der Waals surface area contributed by atoms with Gasteiger partial charge < -0.3 is 14.9 Å². The van der Waals surface area contributed by atoms with E-state index in [9.17, 15) is 14.7 Å². The lowest BCUT2D eigenvalue weighted by molar-refractivity contribution is -0.135. The van der Waals surface area contributed by atoms with Crippen molar-refractivity contribution in [3.05, 3.63) is 35.9 Å². The average molecular weight is 288 g/mol. The van der Waals surface area contributed by atoms with Crippen molar-refractivity contribution in [2.45, 2.75) is 25.5 Å². The fraction of sp³-hybridized carbons (Fsp3) is 0.500. The number of rotatable bonds is 3. The molecule has 3 rings (SSSR count). The Morgan fingerprint density at radius 2 is 2.00 bits per heavy atom. The minimum Gasteiger partial charge on any atom is -0.391 e. The van der Waals surface area contributed by atoms with Crippen LogP contribution in [0, 0.1) is 5.92 Å². The van der Waals surface area contributed by atoms with Crippen LogP contribution in [0.25, 0.3) is 0 Å². The topological polar surface area (TPSA) is 60.9 Å². The van der Waals surface area contributed by atoms with Crippen molar-refractivity contribution in [2.24, 2.45) is 5.92 Å². The lowest BCUT2D eigenvalue weighted by Gasteiger charge is -2.20. The number of carbonyl (C=O) groups is 2. The van der Waals surface area contributed by atoms with Crippen molar-refractivity contribution < 1.29 is 14.7 Å². The molecule has 2 fully saturated rings. The Bertz CT molecular complexity index is 532. The second-order valence-corrected chi connectivity index (χ2v) is 5.89. The van der Waals surface area contributed by atoms with Crippen molar-refractivity contribution in [3.63, 3.8) is 0 Å². The highest BCUT2D eigenvalue weighted by Crippen LogP contribution is 2.23. The molecule has 5 heteroatoms. The number of aliphatic hydroxyl groups is 1. The standard InChI is InChI=1S/C16H20N2O3/c19-14-6-7-17(11-14)16(21)13-8-15(20)18(10-13)9-12-4-2-1-3-5-12/h1-5,13-14,19H,6-11H2/t13?,14-/m1/s1. The van der Waals surface area contributed by atoms with Gasteiger partial charge in [-0.25, -0.2) is 0 Å². The van der Waals surface area contributed by atoms with Gasteiger partial charge in [-0.15, -0.1) is 0 Å². The summed E-state index contributed by atoms with van der Waals surface area (Å²) in [5.41, 5.74) is 1.08. The van der Waals surface area contributed by atoms with Gasteiger partial charge in [0.2, 0.25) is 11.8 Å². The quantitative estimate of drug-likeness (QED) is 0.887. The second-order valence-electron chi connectivity index (χ2n) is 5.89. The molecule has 2 atom stereocenters. The number of β-amino-alcohol motifs (C(OH)–C–C–N with tert-alkyl or cyclic N) is 1. The van der Waals surface area contributed by atoms with Gasteiger partial charge in [-0.1, -0.05) is 30.3 Å².